The van der Waals surface area contributed by atoms with Crippen LogP contribution in [-0.4, -0.2) is 21.2 Å². The standard InChI is InChI=1S/C12H27NOSi/c1-8-10(2,3)9(13-14)11(4,5)12(6,7)15/h14H,8H2,1-7,15H3. The van der Waals surface area contributed by atoms with Gasteiger partial charge in [0.1, 0.15) is 0 Å². The zero-order valence-corrected chi connectivity index (χ0v) is 13.6. The van der Waals surface area contributed by atoms with Gasteiger partial charge in [0, 0.05) is 21.1 Å². The first-order chi connectivity index (χ1) is 6.50. The Morgan fingerprint density at radius 3 is 1.73 bits per heavy atom. The fourth-order valence-corrected chi connectivity index (χ4v) is 1.87. The lowest BCUT2D eigenvalue weighted by Crippen LogP contribution is -2.43. The molecule has 0 aliphatic carbocycles. The van der Waals surface area contributed by atoms with Crippen molar-refractivity contribution < 1.29 is 5.21 Å². The number of hydrogen-bond donors (Lipinski definition) is 1. The Balaban J connectivity index is 5.36. The van der Waals surface area contributed by atoms with Crippen LogP contribution in [0.3, 0.4) is 0 Å². The van der Waals surface area contributed by atoms with E-state index in [9.17, 15) is 5.21 Å². The highest BCUT2D eigenvalue weighted by molar-refractivity contribution is 6.18. The second-order valence-electron chi connectivity index (χ2n) is 6.56. The minimum Gasteiger partial charge on any atom is -0.411 e. The van der Waals surface area contributed by atoms with Crippen molar-refractivity contribution in [3.8, 4) is 0 Å². The smallest absolute Gasteiger partial charge is 0.0684 e. The third kappa shape index (κ3) is 2.83. The second-order valence-corrected chi connectivity index (χ2v) is 9.06. The highest BCUT2D eigenvalue weighted by Crippen LogP contribution is 2.47. The van der Waals surface area contributed by atoms with Gasteiger partial charge in [0.15, 0.2) is 0 Å². The Morgan fingerprint density at radius 2 is 1.53 bits per heavy atom. The molecule has 0 saturated heterocycles. The molecule has 3 heteroatoms. The van der Waals surface area contributed by atoms with E-state index in [0.717, 1.165) is 22.4 Å². The second kappa shape index (κ2) is 4.28. The van der Waals surface area contributed by atoms with Gasteiger partial charge in [-0.15, -0.1) is 0 Å². The van der Waals surface area contributed by atoms with Gasteiger partial charge in [-0.3, -0.25) is 0 Å². The van der Waals surface area contributed by atoms with Crippen LogP contribution in [0.15, 0.2) is 5.16 Å². The van der Waals surface area contributed by atoms with Crippen LogP contribution < -0.4 is 0 Å². The molecule has 0 aliphatic rings. The first-order valence-corrected chi connectivity index (χ1v) is 6.73. The lowest BCUT2D eigenvalue weighted by atomic mass is 9.66. The molecule has 0 radical (unpaired) electrons. The van der Waals surface area contributed by atoms with E-state index in [1.807, 2.05) is 0 Å². The van der Waals surface area contributed by atoms with Gasteiger partial charge in [-0.05, 0) is 11.5 Å². The summed E-state index contributed by atoms with van der Waals surface area (Å²) in [4.78, 5) is 0. The van der Waals surface area contributed by atoms with Crippen LogP contribution in [0.1, 0.15) is 54.9 Å². The first-order valence-electron chi connectivity index (χ1n) is 5.73. The molecular weight excluding hydrogens is 202 g/mol. The molecule has 0 rings (SSSR count). The van der Waals surface area contributed by atoms with Gasteiger partial charge in [0.05, 0.1) is 5.71 Å². The Bertz CT molecular complexity index is 249. The summed E-state index contributed by atoms with van der Waals surface area (Å²) < 4.78 is 0. The fourth-order valence-electron chi connectivity index (χ4n) is 1.63. The van der Waals surface area contributed by atoms with Gasteiger partial charge in [-0.2, -0.15) is 0 Å². The van der Waals surface area contributed by atoms with Gasteiger partial charge in [0.2, 0.25) is 0 Å². The van der Waals surface area contributed by atoms with Gasteiger partial charge in [-0.25, -0.2) is 0 Å². The molecule has 90 valence electrons. The van der Waals surface area contributed by atoms with Crippen LogP contribution >= 0.6 is 0 Å². The van der Waals surface area contributed by atoms with E-state index in [-0.39, 0.29) is 15.9 Å². The van der Waals surface area contributed by atoms with Gasteiger partial charge in [0.25, 0.3) is 0 Å². The molecule has 0 aromatic carbocycles. The van der Waals surface area contributed by atoms with E-state index in [0.29, 0.717) is 0 Å². The van der Waals surface area contributed by atoms with Crippen LogP contribution in [0.2, 0.25) is 5.04 Å². The first kappa shape index (κ1) is 14.7. The van der Waals surface area contributed by atoms with Gasteiger partial charge < -0.3 is 5.21 Å². The predicted molar refractivity (Wildman–Crippen MR) is 71.1 cm³/mol. The van der Waals surface area contributed by atoms with Crippen molar-refractivity contribution in [1.29, 1.82) is 0 Å². The lowest BCUT2D eigenvalue weighted by molar-refractivity contribution is 0.271. The maximum Gasteiger partial charge on any atom is 0.0684 e. The van der Waals surface area contributed by atoms with Gasteiger partial charge in [-0.1, -0.05) is 53.6 Å². The molecule has 0 heterocycles. The monoisotopic (exact) mass is 229 g/mol. The summed E-state index contributed by atoms with van der Waals surface area (Å²) in [6, 6.07) is 0. The summed E-state index contributed by atoms with van der Waals surface area (Å²) in [7, 11) is 1.08. The van der Waals surface area contributed by atoms with E-state index in [2.05, 4.69) is 53.6 Å². The van der Waals surface area contributed by atoms with E-state index in [4.69, 9.17) is 0 Å². The Kier molecular flexibility index (Phi) is 4.19. The van der Waals surface area contributed by atoms with Crippen LogP contribution in [0, 0.1) is 10.8 Å². The number of oxime groups is 1. The molecule has 0 atom stereocenters. The molecule has 0 saturated carbocycles. The van der Waals surface area contributed by atoms with Crippen LogP contribution in [0.25, 0.3) is 0 Å². The summed E-state index contributed by atoms with van der Waals surface area (Å²) in [5, 5.41) is 13.1. The molecule has 0 bridgehead atoms. The van der Waals surface area contributed by atoms with E-state index in [1.165, 1.54) is 0 Å². The summed E-state index contributed by atoms with van der Waals surface area (Å²) in [6.45, 7) is 15.3. The number of rotatable bonds is 4. The lowest BCUT2D eigenvalue weighted by Gasteiger charge is -2.44. The molecule has 0 unspecified atom stereocenters. The summed E-state index contributed by atoms with van der Waals surface area (Å²) in [5.74, 6) is 0. The minimum atomic E-state index is -0.0481. The molecule has 0 amide bonds. The Morgan fingerprint density at radius 1 is 1.13 bits per heavy atom. The maximum atomic E-state index is 9.30. The summed E-state index contributed by atoms with van der Waals surface area (Å²) in [5.41, 5.74) is 0.852. The minimum absolute atomic E-state index is 0.0278. The summed E-state index contributed by atoms with van der Waals surface area (Å²) >= 11 is 0. The largest absolute Gasteiger partial charge is 0.411 e. The highest BCUT2D eigenvalue weighted by Gasteiger charge is 2.43. The van der Waals surface area contributed by atoms with Crippen molar-refractivity contribution in [3.63, 3.8) is 0 Å². The van der Waals surface area contributed by atoms with E-state index in [1.54, 1.807) is 0 Å². The van der Waals surface area contributed by atoms with E-state index >= 15 is 0 Å². The molecule has 15 heavy (non-hydrogen) atoms. The third-order valence-electron chi connectivity index (χ3n) is 4.09. The van der Waals surface area contributed by atoms with Crippen molar-refractivity contribution in [2.24, 2.45) is 16.0 Å². The predicted octanol–water partition coefficient (Wildman–Crippen LogP) is 2.84. The van der Waals surface area contributed by atoms with E-state index < -0.39 is 0 Å². The SMILES string of the molecule is CCC(C)(C)C(=NO)C(C)(C)C(C)(C)[SiH3]. The maximum absolute atomic E-state index is 9.30. The van der Waals surface area contributed by atoms with Crippen LogP contribution in [-0.2, 0) is 0 Å². The zero-order chi connectivity index (χ0) is 12.5. The molecule has 1 N–H and O–H groups in total. The molecule has 0 aromatic rings. The zero-order valence-electron chi connectivity index (χ0n) is 11.6. The van der Waals surface area contributed by atoms with Crippen molar-refractivity contribution in [2.75, 3.05) is 0 Å². The molecule has 0 fully saturated rings. The Hall–Kier alpha value is -0.313. The number of nitrogens with zero attached hydrogens (tertiary/aromatic N) is 1. The van der Waals surface area contributed by atoms with Crippen LogP contribution in [0.5, 0.6) is 0 Å². The molecule has 0 aliphatic heterocycles. The molecule has 2 nitrogen and oxygen atoms in total. The van der Waals surface area contributed by atoms with Crippen molar-refractivity contribution >= 4 is 16.0 Å². The topological polar surface area (TPSA) is 32.6 Å². The van der Waals surface area contributed by atoms with Gasteiger partial charge >= 0.3 is 0 Å². The molecule has 0 aromatic heterocycles. The highest BCUT2D eigenvalue weighted by atomic mass is 28.1. The third-order valence-corrected chi connectivity index (χ3v) is 5.34. The Labute approximate surface area is 97.6 Å². The molecular formula is C12H27NOSi. The van der Waals surface area contributed by atoms with Crippen molar-refractivity contribution in [2.45, 2.75) is 59.9 Å². The quantitative estimate of drug-likeness (QED) is 0.342. The fraction of sp³-hybridized carbons (Fsp3) is 0.917. The molecule has 0 spiro atoms. The average molecular weight is 229 g/mol. The van der Waals surface area contributed by atoms with Crippen molar-refractivity contribution in [1.82, 2.24) is 0 Å². The normalized spacial score (nSPS) is 15.8. The van der Waals surface area contributed by atoms with Crippen LogP contribution in [0.4, 0.5) is 0 Å². The van der Waals surface area contributed by atoms with Crippen molar-refractivity contribution in [3.05, 3.63) is 0 Å². The average Bonchev–Trinajstić information content (AvgIpc) is 2.02. The number of hydrogen-bond acceptors (Lipinski definition) is 2. The summed E-state index contributed by atoms with van der Waals surface area (Å²) in [6.07, 6.45) is 0.994.